The van der Waals surface area contributed by atoms with Gasteiger partial charge in [-0.25, -0.2) is 14.5 Å². The molecule has 188 valence electrons. The van der Waals surface area contributed by atoms with Gasteiger partial charge in [-0.3, -0.25) is 4.79 Å². The van der Waals surface area contributed by atoms with Crippen molar-refractivity contribution in [1.82, 2.24) is 14.8 Å². The van der Waals surface area contributed by atoms with Crippen LogP contribution in [-0.2, 0) is 20.9 Å². The largest absolute Gasteiger partial charge is 0.466 e. The van der Waals surface area contributed by atoms with Gasteiger partial charge in [0.2, 0.25) is 5.91 Å². The van der Waals surface area contributed by atoms with Crippen LogP contribution < -0.4 is 9.80 Å². The Morgan fingerprint density at radius 2 is 1.92 bits per heavy atom. The highest BCUT2D eigenvalue weighted by Gasteiger charge is 2.27. The Hall–Kier alpha value is -3.94. The van der Waals surface area contributed by atoms with E-state index in [1.807, 2.05) is 66.5 Å². The Morgan fingerprint density at radius 3 is 2.61 bits per heavy atom. The molecule has 0 N–H and O–H groups in total. The minimum atomic E-state index is -0.420. The molecule has 8 heteroatoms. The molecule has 3 aromatic rings. The summed E-state index contributed by atoms with van der Waals surface area (Å²) in [5, 5.41) is 4.52. The van der Waals surface area contributed by atoms with Crippen molar-refractivity contribution in [2.45, 2.75) is 38.6 Å². The van der Waals surface area contributed by atoms with Crippen molar-refractivity contribution < 1.29 is 14.3 Å². The third-order valence-electron chi connectivity index (χ3n) is 6.45. The number of amides is 1. The molecule has 0 unspecified atom stereocenters. The molecule has 8 nitrogen and oxygen atoms in total. The summed E-state index contributed by atoms with van der Waals surface area (Å²) in [6.07, 6.45) is 13.8. The van der Waals surface area contributed by atoms with Crippen molar-refractivity contribution in [3.63, 3.8) is 0 Å². The predicted molar refractivity (Wildman–Crippen MR) is 141 cm³/mol. The van der Waals surface area contributed by atoms with Crippen LogP contribution in [0.25, 0.3) is 11.8 Å². The van der Waals surface area contributed by atoms with Crippen molar-refractivity contribution in [3.8, 4) is 5.69 Å². The first-order chi connectivity index (χ1) is 17.4. The second-order valence-electron chi connectivity index (χ2n) is 9.27. The topological polar surface area (TPSA) is 80.6 Å². The number of ether oxygens (including phenoxy) is 1. The SMILES string of the molecule is COC(=O)/C=C/c1cccc(N(Cc2cnn(-c3ccc(N(C)C)nc3)c2)C(=O)C2CCCCC2)c1. The second kappa shape index (κ2) is 11.7. The molecule has 0 radical (unpaired) electrons. The number of esters is 1. The minimum Gasteiger partial charge on any atom is -0.466 e. The first kappa shape index (κ1) is 25.2. The van der Waals surface area contributed by atoms with Gasteiger partial charge in [0.15, 0.2) is 0 Å². The summed E-state index contributed by atoms with van der Waals surface area (Å²) in [6, 6.07) is 11.6. The number of carbonyl (C=O) groups excluding carboxylic acids is 2. The highest BCUT2D eigenvalue weighted by Crippen LogP contribution is 2.29. The number of hydrogen-bond donors (Lipinski definition) is 0. The van der Waals surface area contributed by atoms with Gasteiger partial charge in [0.1, 0.15) is 5.82 Å². The number of benzene rings is 1. The van der Waals surface area contributed by atoms with E-state index in [0.29, 0.717) is 6.54 Å². The van der Waals surface area contributed by atoms with E-state index in [0.717, 1.165) is 54.0 Å². The summed E-state index contributed by atoms with van der Waals surface area (Å²) in [4.78, 5) is 33.5. The van der Waals surface area contributed by atoms with Crippen LogP contribution in [0.15, 0.2) is 61.1 Å². The number of hydrogen-bond acceptors (Lipinski definition) is 6. The molecule has 1 fully saturated rings. The zero-order valence-corrected chi connectivity index (χ0v) is 21.1. The number of aromatic nitrogens is 3. The zero-order chi connectivity index (χ0) is 25.5. The van der Waals surface area contributed by atoms with Crippen molar-refractivity contribution in [2.75, 3.05) is 31.0 Å². The van der Waals surface area contributed by atoms with E-state index >= 15 is 0 Å². The van der Waals surface area contributed by atoms with Crippen LogP contribution in [0.4, 0.5) is 11.5 Å². The summed E-state index contributed by atoms with van der Waals surface area (Å²) < 4.78 is 6.48. The number of carbonyl (C=O) groups is 2. The summed E-state index contributed by atoms with van der Waals surface area (Å²) in [7, 11) is 5.25. The van der Waals surface area contributed by atoms with Crippen molar-refractivity contribution in [3.05, 3.63) is 72.2 Å². The third kappa shape index (κ3) is 6.19. The fourth-order valence-corrected chi connectivity index (χ4v) is 4.44. The first-order valence-corrected chi connectivity index (χ1v) is 12.3. The van der Waals surface area contributed by atoms with Crippen LogP contribution >= 0.6 is 0 Å². The molecule has 1 saturated carbocycles. The van der Waals surface area contributed by atoms with Crippen LogP contribution in [0.5, 0.6) is 0 Å². The summed E-state index contributed by atoms with van der Waals surface area (Å²) in [5.41, 5.74) is 3.39. The smallest absolute Gasteiger partial charge is 0.330 e. The molecule has 0 bridgehead atoms. The molecule has 36 heavy (non-hydrogen) atoms. The lowest BCUT2D eigenvalue weighted by atomic mass is 9.88. The van der Waals surface area contributed by atoms with Gasteiger partial charge in [0.05, 0.1) is 31.7 Å². The lowest BCUT2D eigenvalue weighted by Crippen LogP contribution is -2.36. The summed E-state index contributed by atoms with van der Waals surface area (Å²) >= 11 is 0. The second-order valence-corrected chi connectivity index (χ2v) is 9.27. The predicted octanol–water partition coefficient (Wildman–Crippen LogP) is 4.63. The average Bonchev–Trinajstić information content (AvgIpc) is 3.39. The Balaban J connectivity index is 1.60. The summed E-state index contributed by atoms with van der Waals surface area (Å²) in [5.74, 6) is 0.604. The molecule has 1 aliphatic rings. The van der Waals surface area contributed by atoms with E-state index < -0.39 is 5.97 Å². The Labute approximate surface area is 212 Å². The standard InChI is InChI=1S/C28H33N5O3/c1-31(2)26-14-13-25(18-29-26)33-20-22(17-30-33)19-32(28(35)23-9-5-4-6-10-23)24-11-7-8-21(16-24)12-15-27(34)36-3/h7-8,11-18,20,23H,4-6,9-10,19H2,1-3H3/b15-12+. The molecular formula is C28H33N5O3. The maximum absolute atomic E-state index is 13.7. The van der Waals surface area contributed by atoms with Crippen molar-refractivity contribution >= 4 is 29.5 Å². The van der Waals surface area contributed by atoms with E-state index in [9.17, 15) is 9.59 Å². The molecule has 0 spiro atoms. The molecule has 0 atom stereocenters. The monoisotopic (exact) mass is 487 g/mol. The fourth-order valence-electron chi connectivity index (χ4n) is 4.44. The normalized spacial score (nSPS) is 14.1. The molecule has 0 saturated heterocycles. The third-order valence-corrected chi connectivity index (χ3v) is 6.45. The van der Waals surface area contributed by atoms with Gasteiger partial charge in [-0.05, 0) is 48.7 Å². The first-order valence-electron chi connectivity index (χ1n) is 12.3. The number of rotatable bonds is 8. The molecule has 1 aromatic carbocycles. The molecule has 2 heterocycles. The molecular weight excluding hydrogens is 454 g/mol. The fraction of sp³-hybridized carbons (Fsp3) is 0.357. The van der Waals surface area contributed by atoms with E-state index in [1.54, 1.807) is 23.2 Å². The van der Waals surface area contributed by atoms with Gasteiger partial charge in [-0.2, -0.15) is 5.10 Å². The van der Waals surface area contributed by atoms with Gasteiger partial charge in [-0.15, -0.1) is 0 Å². The lowest BCUT2D eigenvalue weighted by Gasteiger charge is -2.29. The average molecular weight is 488 g/mol. The highest BCUT2D eigenvalue weighted by atomic mass is 16.5. The van der Waals surface area contributed by atoms with Gasteiger partial charge < -0.3 is 14.5 Å². The number of pyridine rings is 1. The Bertz CT molecular complexity index is 1210. The molecule has 4 rings (SSSR count). The summed E-state index contributed by atoms with van der Waals surface area (Å²) in [6.45, 7) is 0.405. The van der Waals surface area contributed by atoms with Crippen molar-refractivity contribution in [1.29, 1.82) is 0 Å². The number of methoxy groups -OCH3 is 1. The maximum Gasteiger partial charge on any atom is 0.330 e. The van der Waals surface area contributed by atoms with Crippen LogP contribution in [0.1, 0.15) is 43.2 Å². The van der Waals surface area contributed by atoms with Gasteiger partial charge in [0, 0.05) is 43.5 Å². The number of nitrogens with zero attached hydrogens (tertiary/aromatic N) is 5. The van der Waals surface area contributed by atoms with Crippen LogP contribution in [0.2, 0.25) is 0 Å². The molecule has 1 amide bonds. The Morgan fingerprint density at radius 1 is 1.11 bits per heavy atom. The van der Waals surface area contributed by atoms with E-state index in [-0.39, 0.29) is 11.8 Å². The quantitative estimate of drug-likeness (QED) is 0.340. The van der Waals surface area contributed by atoms with Crippen LogP contribution in [0.3, 0.4) is 0 Å². The van der Waals surface area contributed by atoms with Crippen LogP contribution in [0, 0.1) is 5.92 Å². The van der Waals surface area contributed by atoms with Gasteiger partial charge >= 0.3 is 5.97 Å². The van der Waals surface area contributed by atoms with E-state index in [1.165, 1.54) is 19.6 Å². The van der Waals surface area contributed by atoms with E-state index in [4.69, 9.17) is 4.74 Å². The van der Waals surface area contributed by atoms with Crippen LogP contribution in [-0.4, -0.2) is 47.8 Å². The van der Waals surface area contributed by atoms with Gasteiger partial charge in [-0.1, -0.05) is 31.4 Å². The van der Waals surface area contributed by atoms with E-state index in [2.05, 4.69) is 10.1 Å². The minimum absolute atomic E-state index is 0.0193. The lowest BCUT2D eigenvalue weighted by molar-refractivity contribution is -0.134. The molecule has 1 aliphatic carbocycles. The van der Waals surface area contributed by atoms with Gasteiger partial charge in [0.25, 0.3) is 0 Å². The van der Waals surface area contributed by atoms with Crippen molar-refractivity contribution in [2.24, 2.45) is 5.92 Å². The highest BCUT2D eigenvalue weighted by molar-refractivity contribution is 5.95. The number of anilines is 2. The Kier molecular flexibility index (Phi) is 8.15. The maximum atomic E-state index is 13.7. The molecule has 2 aromatic heterocycles. The zero-order valence-electron chi connectivity index (χ0n) is 21.1. The molecule has 0 aliphatic heterocycles.